The van der Waals surface area contributed by atoms with Crippen LogP contribution in [0.5, 0.6) is 0 Å². The molecule has 136 valence electrons. The highest BCUT2D eigenvalue weighted by Crippen LogP contribution is 2.32. The summed E-state index contributed by atoms with van der Waals surface area (Å²) < 4.78 is 7.87. The molecule has 3 atom stereocenters. The summed E-state index contributed by atoms with van der Waals surface area (Å²) >= 11 is 0. The van der Waals surface area contributed by atoms with Crippen LogP contribution >= 0.6 is 0 Å². The van der Waals surface area contributed by atoms with Gasteiger partial charge in [0.25, 0.3) is 0 Å². The third-order valence-corrected chi connectivity index (χ3v) is 5.17. The lowest BCUT2D eigenvalue weighted by molar-refractivity contribution is -0.0289. The molecule has 5 nitrogen and oxygen atoms in total. The Hall–Kier alpha value is -1.69. The number of rotatable bonds is 7. The van der Waals surface area contributed by atoms with E-state index in [9.17, 15) is 5.11 Å². The van der Waals surface area contributed by atoms with Gasteiger partial charge in [-0.25, -0.2) is 0 Å². The van der Waals surface area contributed by atoms with Crippen molar-refractivity contribution in [1.82, 2.24) is 14.7 Å². The van der Waals surface area contributed by atoms with Crippen LogP contribution < -0.4 is 0 Å². The van der Waals surface area contributed by atoms with Crippen molar-refractivity contribution in [2.75, 3.05) is 20.2 Å². The summed E-state index contributed by atoms with van der Waals surface area (Å²) in [6.45, 7) is 3.06. The van der Waals surface area contributed by atoms with Gasteiger partial charge < -0.3 is 9.84 Å². The lowest BCUT2D eigenvalue weighted by Crippen LogP contribution is -2.34. The van der Waals surface area contributed by atoms with Gasteiger partial charge in [0.2, 0.25) is 0 Å². The molecule has 0 fully saturated rings. The Morgan fingerprint density at radius 1 is 1.40 bits per heavy atom. The van der Waals surface area contributed by atoms with E-state index in [1.54, 1.807) is 4.68 Å². The van der Waals surface area contributed by atoms with Crippen LogP contribution in [0.3, 0.4) is 0 Å². The number of aryl methyl sites for hydroxylation is 2. The van der Waals surface area contributed by atoms with Crippen LogP contribution in [0, 0.1) is 0 Å². The molecular formula is C20H29N3O2. The average molecular weight is 343 g/mol. The van der Waals surface area contributed by atoms with Crippen LogP contribution in [0.25, 0.3) is 0 Å². The molecule has 1 heterocycles. The first-order valence-electron chi connectivity index (χ1n) is 9.11. The van der Waals surface area contributed by atoms with Gasteiger partial charge in [0.1, 0.15) is 0 Å². The van der Waals surface area contributed by atoms with Gasteiger partial charge in [-0.3, -0.25) is 9.58 Å². The second kappa shape index (κ2) is 8.13. The van der Waals surface area contributed by atoms with E-state index < -0.39 is 6.10 Å². The Balaban J connectivity index is 1.51. The van der Waals surface area contributed by atoms with Gasteiger partial charge in [-0.05, 0) is 44.4 Å². The number of likely N-dealkylation sites (N-methyl/N-ethyl adjacent to an activating group) is 1. The lowest BCUT2D eigenvalue weighted by Gasteiger charge is -2.29. The Bertz CT molecular complexity index is 685. The molecule has 2 aromatic rings. The van der Waals surface area contributed by atoms with Crippen molar-refractivity contribution < 1.29 is 9.84 Å². The van der Waals surface area contributed by atoms with Gasteiger partial charge in [-0.2, -0.15) is 5.10 Å². The van der Waals surface area contributed by atoms with Crippen molar-refractivity contribution in [3.63, 3.8) is 0 Å². The first kappa shape index (κ1) is 18.1. The molecule has 0 radical (unpaired) electrons. The second-order valence-corrected chi connectivity index (χ2v) is 7.13. The first-order valence-corrected chi connectivity index (χ1v) is 9.11. The summed E-state index contributed by atoms with van der Waals surface area (Å²) in [5, 5.41) is 14.6. The zero-order chi connectivity index (χ0) is 17.8. The normalized spacial score (nSPS) is 19.6. The van der Waals surface area contributed by atoms with Gasteiger partial charge in [0, 0.05) is 31.4 Å². The molecule has 0 saturated heterocycles. The maximum Gasteiger partial charge on any atom is 0.0900 e. The van der Waals surface area contributed by atoms with Crippen molar-refractivity contribution >= 4 is 0 Å². The van der Waals surface area contributed by atoms with E-state index in [0.29, 0.717) is 13.2 Å². The number of fused-ring (bicyclic) bond motifs is 1. The first-order chi connectivity index (χ1) is 12.0. The number of hydrogen-bond donors (Lipinski definition) is 1. The maximum atomic E-state index is 10.4. The zero-order valence-electron chi connectivity index (χ0n) is 15.4. The molecule has 1 aromatic carbocycles. The minimum absolute atomic E-state index is 0.112. The fourth-order valence-corrected chi connectivity index (χ4v) is 3.56. The third kappa shape index (κ3) is 4.48. The molecule has 1 N–H and O–H groups in total. The minimum Gasteiger partial charge on any atom is -0.389 e. The summed E-state index contributed by atoms with van der Waals surface area (Å²) in [6, 6.07) is 8.71. The number of nitrogens with zero attached hydrogens (tertiary/aromatic N) is 3. The topological polar surface area (TPSA) is 50.5 Å². The number of aliphatic hydroxyl groups excluding tert-OH is 1. The van der Waals surface area contributed by atoms with E-state index in [4.69, 9.17) is 4.74 Å². The van der Waals surface area contributed by atoms with Crippen LogP contribution in [-0.4, -0.2) is 46.1 Å². The molecule has 0 bridgehead atoms. The summed E-state index contributed by atoms with van der Waals surface area (Å²) in [5.74, 6) is 0. The SMILES string of the molecule is CC(c1cnn(C)c1)N(C)CC(O)COC1CCCc2ccccc21. The minimum atomic E-state index is -0.502. The molecule has 3 rings (SSSR count). The van der Waals surface area contributed by atoms with Gasteiger partial charge in [0.05, 0.1) is 25.0 Å². The molecular weight excluding hydrogens is 314 g/mol. The lowest BCUT2D eigenvalue weighted by atomic mass is 9.89. The van der Waals surface area contributed by atoms with E-state index in [0.717, 1.165) is 24.8 Å². The van der Waals surface area contributed by atoms with Crippen molar-refractivity contribution in [3.05, 3.63) is 53.3 Å². The van der Waals surface area contributed by atoms with Crippen LogP contribution in [-0.2, 0) is 18.2 Å². The second-order valence-electron chi connectivity index (χ2n) is 7.13. The highest BCUT2D eigenvalue weighted by atomic mass is 16.5. The van der Waals surface area contributed by atoms with Gasteiger partial charge in [-0.15, -0.1) is 0 Å². The van der Waals surface area contributed by atoms with Crippen molar-refractivity contribution in [2.24, 2.45) is 7.05 Å². The van der Waals surface area contributed by atoms with E-state index in [1.807, 2.05) is 26.5 Å². The fourth-order valence-electron chi connectivity index (χ4n) is 3.56. The summed E-state index contributed by atoms with van der Waals surface area (Å²) in [7, 11) is 3.94. The summed E-state index contributed by atoms with van der Waals surface area (Å²) in [6.07, 6.45) is 6.82. The number of ether oxygens (including phenoxy) is 1. The quantitative estimate of drug-likeness (QED) is 0.840. The van der Waals surface area contributed by atoms with E-state index in [1.165, 1.54) is 11.1 Å². The highest BCUT2D eigenvalue weighted by Gasteiger charge is 2.22. The Kier molecular flexibility index (Phi) is 5.89. The molecule has 25 heavy (non-hydrogen) atoms. The van der Waals surface area contributed by atoms with Gasteiger partial charge >= 0.3 is 0 Å². The monoisotopic (exact) mass is 343 g/mol. The van der Waals surface area contributed by atoms with E-state index in [-0.39, 0.29) is 12.1 Å². The predicted octanol–water partition coefficient (Wildman–Crippen LogP) is 2.87. The number of benzene rings is 1. The smallest absolute Gasteiger partial charge is 0.0900 e. The standard InChI is InChI=1S/C20H29N3O2/c1-15(17-11-21-23(3)12-17)22(2)13-18(24)14-25-20-10-6-8-16-7-4-5-9-19(16)20/h4-5,7,9,11-12,15,18,20,24H,6,8,10,13-14H2,1-3H3. The highest BCUT2D eigenvalue weighted by molar-refractivity contribution is 5.31. The largest absolute Gasteiger partial charge is 0.389 e. The van der Waals surface area contributed by atoms with E-state index in [2.05, 4.69) is 41.2 Å². The summed E-state index contributed by atoms with van der Waals surface area (Å²) in [4.78, 5) is 2.14. The molecule has 0 saturated carbocycles. The fraction of sp³-hybridized carbons (Fsp3) is 0.550. The molecule has 5 heteroatoms. The molecule has 0 spiro atoms. The van der Waals surface area contributed by atoms with Crippen LogP contribution in [0.15, 0.2) is 36.7 Å². The van der Waals surface area contributed by atoms with Gasteiger partial charge in [0.15, 0.2) is 0 Å². The number of aromatic nitrogens is 2. The third-order valence-electron chi connectivity index (χ3n) is 5.17. The molecule has 3 unspecified atom stereocenters. The van der Waals surface area contributed by atoms with Crippen LogP contribution in [0.4, 0.5) is 0 Å². The number of aliphatic hydroxyl groups is 1. The van der Waals surface area contributed by atoms with E-state index >= 15 is 0 Å². The number of hydrogen-bond acceptors (Lipinski definition) is 4. The average Bonchev–Trinajstić information content (AvgIpc) is 3.05. The Morgan fingerprint density at radius 2 is 2.20 bits per heavy atom. The Labute approximate surface area is 150 Å². The zero-order valence-corrected chi connectivity index (χ0v) is 15.4. The molecule has 0 amide bonds. The van der Waals surface area contributed by atoms with Crippen molar-refractivity contribution in [1.29, 1.82) is 0 Å². The van der Waals surface area contributed by atoms with Crippen LogP contribution in [0.2, 0.25) is 0 Å². The molecule has 1 aliphatic carbocycles. The van der Waals surface area contributed by atoms with Crippen molar-refractivity contribution in [3.8, 4) is 0 Å². The maximum absolute atomic E-state index is 10.4. The van der Waals surface area contributed by atoms with Gasteiger partial charge in [-0.1, -0.05) is 24.3 Å². The summed E-state index contributed by atoms with van der Waals surface area (Å²) in [5.41, 5.74) is 3.83. The molecule has 1 aromatic heterocycles. The molecule has 1 aliphatic rings. The predicted molar refractivity (Wildman–Crippen MR) is 98.3 cm³/mol. The van der Waals surface area contributed by atoms with Crippen molar-refractivity contribution in [2.45, 2.75) is 44.4 Å². The Morgan fingerprint density at radius 3 is 2.96 bits per heavy atom. The van der Waals surface area contributed by atoms with Crippen LogP contribution in [0.1, 0.15) is 48.6 Å². The molecule has 0 aliphatic heterocycles.